The molecule has 1 rings (SSSR count). The molecule has 116 valence electrons. The van der Waals surface area contributed by atoms with Gasteiger partial charge in [0.05, 0.1) is 14.2 Å². The van der Waals surface area contributed by atoms with Gasteiger partial charge in [0.1, 0.15) is 11.5 Å². The standard InChI is InChI=1S/C10H16O8S2/c1-17-8(11)6-19(13,14)10(4-3-5-10)20(15,16)7-9(12)18-2/h3-7H2,1-2H3. The summed E-state index contributed by atoms with van der Waals surface area (Å²) in [6, 6.07) is 0. The van der Waals surface area contributed by atoms with Crippen molar-refractivity contribution in [2.45, 2.75) is 23.3 Å². The molecular formula is C10H16O8S2. The van der Waals surface area contributed by atoms with Crippen molar-refractivity contribution in [2.75, 3.05) is 25.7 Å². The molecule has 1 saturated carbocycles. The van der Waals surface area contributed by atoms with Crippen molar-refractivity contribution in [1.29, 1.82) is 0 Å². The molecule has 1 aliphatic carbocycles. The summed E-state index contributed by atoms with van der Waals surface area (Å²) in [7, 11) is -6.54. The molecule has 8 nitrogen and oxygen atoms in total. The number of hydrogen-bond donors (Lipinski definition) is 0. The molecule has 0 saturated heterocycles. The number of rotatable bonds is 6. The molecule has 0 heterocycles. The minimum atomic E-state index is -4.28. The second-order valence-electron chi connectivity index (χ2n) is 4.43. The van der Waals surface area contributed by atoms with E-state index in [0.717, 1.165) is 14.2 Å². The summed E-state index contributed by atoms with van der Waals surface area (Å²) in [5.41, 5.74) is 0. The largest absolute Gasteiger partial charge is 0.468 e. The molecule has 10 heteroatoms. The van der Waals surface area contributed by atoms with E-state index in [1.807, 2.05) is 0 Å². The lowest BCUT2D eigenvalue weighted by atomic mass is 9.99. The average molecular weight is 328 g/mol. The van der Waals surface area contributed by atoms with Crippen molar-refractivity contribution in [3.63, 3.8) is 0 Å². The van der Waals surface area contributed by atoms with Gasteiger partial charge >= 0.3 is 11.9 Å². The molecule has 1 fully saturated rings. The molecule has 0 amide bonds. The van der Waals surface area contributed by atoms with Crippen molar-refractivity contribution in [3.05, 3.63) is 0 Å². The van der Waals surface area contributed by atoms with E-state index in [1.54, 1.807) is 0 Å². The quantitative estimate of drug-likeness (QED) is 0.572. The highest BCUT2D eigenvalue weighted by molar-refractivity contribution is 8.11. The Kier molecular flexibility index (Phi) is 4.80. The molecule has 0 aromatic heterocycles. The van der Waals surface area contributed by atoms with Crippen LogP contribution < -0.4 is 0 Å². The normalized spacial score (nSPS) is 17.9. The first-order valence-corrected chi connectivity index (χ1v) is 9.00. The van der Waals surface area contributed by atoms with Gasteiger partial charge in [0.2, 0.25) is 0 Å². The van der Waals surface area contributed by atoms with Crippen molar-refractivity contribution >= 4 is 31.6 Å². The summed E-state index contributed by atoms with van der Waals surface area (Å²) in [5, 5.41) is 0. The van der Waals surface area contributed by atoms with E-state index in [-0.39, 0.29) is 12.8 Å². The van der Waals surface area contributed by atoms with Gasteiger partial charge in [-0.15, -0.1) is 0 Å². The van der Waals surface area contributed by atoms with Crippen LogP contribution in [0.4, 0.5) is 0 Å². The number of esters is 2. The van der Waals surface area contributed by atoms with Gasteiger partial charge < -0.3 is 9.47 Å². The van der Waals surface area contributed by atoms with Crippen molar-refractivity contribution in [3.8, 4) is 0 Å². The Morgan fingerprint density at radius 1 is 0.900 bits per heavy atom. The van der Waals surface area contributed by atoms with E-state index >= 15 is 0 Å². The number of methoxy groups -OCH3 is 2. The van der Waals surface area contributed by atoms with Crippen molar-refractivity contribution in [2.24, 2.45) is 0 Å². The maximum atomic E-state index is 12.2. The number of hydrogen-bond acceptors (Lipinski definition) is 8. The van der Waals surface area contributed by atoms with E-state index in [4.69, 9.17) is 0 Å². The van der Waals surface area contributed by atoms with E-state index in [1.165, 1.54) is 0 Å². The Hall–Kier alpha value is -1.16. The highest BCUT2D eigenvalue weighted by Crippen LogP contribution is 2.45. The van der Waals surface area contributed by atoms with Crippen LogP contribution in [-0.4, -0.2) is 58.6 Å². The first kappa shape index (κ1) is 16.9. The lowest BCUT2D eigenvalue weighted by Crippen LogP contribution is -2.55. The Labute approximate surface area is 117 Å². The minimum absolute atomic E-state index is 0.133. The van der Waals surface area contributed by atoms with Crippen LogP contribution in [0.3, 0.4) is 0 Å². The lowest BCUT2D eigenvalue weighted by Gasteiger charge is -2.39. The van der Waals surface area contributed by atoms with E-state index in [0.29, 0.717) is 6.42 Å². The molecule has 0 bridgehead atoms. The Balaban J connectivity index is 3.15. The smallest absolute Gasteiger partial charge is 0.320 e. The van der Waals surface area contributed by atoms with Crippen molar-refractivity contribution < 1.29 is 35.9 Å². The van der Waals surface area contributed by atoms with Gasteiger partial charge in [0.25, 0.3) is 0 Å². The fourth-order valence-electron chi connectivity index (χ4n) is 1.97. The first-order chi connectivity index (χ1) is 9.12. The number of carbonyl (C=O) groups excluding carboxylic acids is 2. The van der Waals surface area contributed by atoms with Gasteiger partial charge in [-0.25, -0.2) is 16.8 Å². The van der Waals surface area contributed by atoms with Crippen LogP contribution in [0, 0.1) is 0 Å². The molecular weight excluding hydrogens is 312 g/mol. The molecule has 0 aliphatic heterocycles. The monoisotopic (exact) mass is 328 g/mol. The molecule has 0 unspecified atom stereocenters. The van der Waals surface area contributed by atoms with E-state index in [2.05, 4.69) is 9.47 Å². The van der Waals surface area contributed by atoms with Gasteiger partial charge in [-0.2, -0.15) is 0 Å². The Morgan fingerprint density at radius 2 is 1.25 bits per heavy atom. The second kappa shape index (κ2) is 5.68. The summed E-state index contributed by atoms with van der Waals surface area (Å²) in [6.45, 7) is 0. The minimum Gasteiger partial charge on any atom is -0.468 e. The topological polar surface area (TPSA) is 121 Å². The molecule has 0 spiro atoms. The Bertz CT molecular complexity index is 547. The molecule has 0 radical (unpaired) electrons. The SMILES string of the molecule is COC(=O)CS(=O)(=O)C1(S(=O)(=O)CC(=O)OC)CCC1. The molecule has 0 atom stereocenters. The van der Waals surface area contributed by atoms with Crippen LogP contribution in [0.5, 0.6) is 0 Å². The average Bonchev–Trinajstić information content (AvgIpc) is 2.24. The fraction of sp³-hybridized carbons (Fsp3) is 0.800. The molecule has 20 heavy (non-hydrogen) atoms. The van der Waals surface area contributed by atoms with E-state index in [9.17, 15) is 26.4 Å². The van der Waals surface area contributed by atoms with Crippen LogP contribution in [0.15, 0.2) is 0 Å². The summed E-state index contributed by atoms with van der Waals surface area (Å²) in [6.07, 6.45) is 0.123. The van der Waals surface area contributed by atoms with Crippen LogP contribution in [0.25, 0.3) is 0 Å². The highest BCUT2D eigenvalue weighted by Gasteiger charge is 2.59. The predicted molar refractivity (Wildman–Crippen MR) is 68.2 cm³/mol. The van der Waals surface area contributed by atoms with Gasteiger partial charge in [-0.3, -0.25) is 9.59 Å². The number of sulfone groups is 2. The first-order valence-electron chi connectivity index (χ1n) is 5.70. The maximum Gasteiger partial charge on any atom is 0.320 e. The zero-order chi connectivity index (χ0) is 15.6. The highest BCUT2D eigenvalue weighted by atomic mass is 32.3. The molecule has 0 N–H and O–H groups in total. The second-order valence-corrected chi connectivity index (χ2v) is 9.29. The molecule has 0 aromatic carbocycles. The zero-order valence-corrected chi connectivity index (χ0v) is 12.8. The summed E-state index contributed by atoms with van der Waals surface area (Å²) < 4.78 is 55.2. The number of carbonyl (C=O) groups is 2. The maximum absolute atomic E-state index is 12.2. The summed E-state index contributed by atoms with van der Waals surface area (Å²) in [4.78, 5) is 22.3. The van der Waals surface area contributed by atoms with Gasteiger partial charge in [-0.1, -0.05) is 0 Å². The van der Waals surface area contributed by atoms with Gasteiger partial charge in [0, 0.05) is 0 Å². The van der Waals surface area contributed by atoms with Crippen molar-refractivity contribution in [1.82, 2.24) is 0 Å². The van der Waals surface area contributed by atoms with Crippen LogP contribution in [0.1, 0.15) is 19.3 Å². The van der Waals surface area contributed by atoms with Gasteiger partial charge in [0.15, 0.2) is 23.8 Å². The zero-order valence-electron chi connectivity index (χ0n) is 11.1. The third kappa shape index (κ3) is 2.80. The van der Waals surface area contributed by atoms with Crippen LogP contribution in [0.2, 0.25) is 0 Å². The fourth-order valence-corrected chi connectivity index (χ4v) is 7.08. The third-order valence-electron chi connectivity index (χ3n) is 3.32. The third-order valence-corrected chi connectivity index (χ3v) is 9.16. The molecule has 0 aromatic rings. The van der Waals surface area contributed by atoms with Crippen LogP contribution in [-0.2, 0) is 38.7 Å². The summed E-state index contributed by atoms with van der Waals surface area (Å²) in [5.74, 6) is -4.12. The predicted octanol–water partition coefficient (Wildman–Crippen LogP) is -0.958. The molecule has 1 aliphatic rings. The lowest BCUT2D eigenvalue weighted by molar-refractivity contribution is -0.138. The number of ether oxygens (including phenoxy) is 2. The van der Waals surface area contributed by atoms with Crippen LogP contribution >= 0.6 is 0 Å². The van der Waals surface area contributed by atoms with Gasteiger partial charge in [-0.05, 0) is 19.3 Å². The summed E-state index contributed by atoms with van der Waals surface area (Å²) >= 11 is 0. The van der Waals surface area contributed by atoms with E-state index < -0.39 is 47.2 Å². The Morgan fingerprint density at radius 3 is 1.45 bits per heavy atom.